The third-order valence-electron chi connectivity index (χ3n) is 3.97. The lowest BCUT2D eigenvalue weighted by atomic mass is 10.0. The quantitative estimate of drug-likeness (QED) is 0.618. The lowest BCUT2D eigenvalue weighted by Crippen LogP contribution is -2.00. The van der Waals surface area contributed by atoms with Crippen LogP contribution in [0, 0.1) is 0 Å². The number of nitrogens with one attached hydrogen (secondary N) is 1. The van der Waals surface area contributed by atoms with Gasteiger partial charge in [0, 0.05) is 5.69 Å². The van der Waals surface area contributed by atoms with E-state index in [1.165, 1.54) is 5.56 Å². The molecule has 5 heteroatoms. The minimum Gasteiger partial charge on any atom is -0.337 e. The molecule has 5 nitrogen and oxygen atoms in total. The molecule has 0 aliphatic heterocycles. The van der Waals surface area contributed by atoms with Gasteiger partial charge in [0.25, 0.3) is 0 Å². The molecule has 0 aliphatic rings. The van der Waals surface area contributed by atoms with Crippen molar-refractivity contribution in [1.29, 1.82) is 0 Å². The fourth-order valence-corrected chi connectivity index (χ4v) is 2.68. The third-order valence-corrected chi connectivity index (χ3v) is 3.97. The predicted octanol–water partition coefficient (Wildman–Crippen LogP) is 4.14. The highest BCUT2D eigenvalue weighted by Gasteiger charge is 2.10. The van der Waals surface area contributed by atoms with Crippen LogP contribution >= 0.6 is 0 Å². The second-order valence-corrected chi connectivity index (χ2v) is 5.88. The zero-order chi connectivity index (χ0) is 15.8. The Kier molecular flexibility index (Phi) is 3.19. The highest BCUT2D eigenvalue weighted by atomic mass is 15.3. The number of aromatic nitrogens is 4. The molecular weight excluding hydrogens is 286 g/mol. The van der Waals surface area contributed by atoms with Crippen molar-refractivity contribution in [2.24, 2.45) is 0 Å². The zero-order valence-electron chi connectivity index (χ0n) is 13.1. The standard InChI is InChI=1S/C18H17N5/c1-12(2)13-7-9-14(10-8-13)20-17-18-22-19-11-23(18)16-6-4-3-5-15(16)21-17/h3-12H,1-2H3,(H,20,21). The first-order valence-electron chi connectivity index (χ1n) is 7.68. The van der Waals surface area contributed by atoms with Gasteiger partial charge in [-0.3, -0.25) is 4.40 Å². The van der Waals surface area contributed by atoms with Crippen LogP contribution in [0.2, 0.25) is 0 Å². The van der Waals surface area contributed by atoms with E-state index < -0.39 is 0 Å². The van der Waals surface area contributed by atoms with Crippen LogP contribution in [0.4, 0.5) is 11.5 Å². The Balaban J connectivity index is 1.79. The summed E-state index contributed by atoms with van der Waals surface area (Å²) in [4.78, 5) is 4.69. The van der Waals surface area contributed by atoms with E-state index in [1.807, 2.05) is 28.7 Å². The largest absolute Gasteiger partial charge is 0.337 e. The maximum Gasteiger partial charge on any atom is 0.204 e. The maximum absolute atomic E-state index is 4.69. The first-order chi connectivity index (χ1) is 11.2. The smallest absolute Gasteiger partial charge is 0.204 e. The summed E-state index contributed by atoms with van der Waals surface area (Å²) < 4.78 is 1.95. The molecule has 0 aliphatic carbocycles. The Labute approximate surface area is 134 Å². The molecule has 1 N–H and O–H groups in total. The molecule has 0 amide bonds. The molecule has 0 bridgehead atoms. The maximum atomic E-state index is 4.69. The summed E-state index contributed by atoms with van der Waals surface area (Å²) in [7, 11) is 0. The number of para-hydroxylation sites is 2. The summed E-state index contributed by atoms with van der Waals surface area (Å²) in [5.74, 6) is 1.23. The highest BCUT2D eigenvalue weighted by Crippen LogP contribution is 2.24. The zero-order valence-corrected chi connectivity index (χ0v) is 13.1. The number of anilines is 2. The monoisotopic (exact) mass is 303 g/mol. The van der Waals surface area contributed by atoms with Crippen LogP contribution in [-0.4, -0.2) is 19.6 Å². The van der Waals surface area contributed by atoms with Gasteiger partial charge in [-0.05, 0) is 35.7 Å². The molecule has 23 heavy (non-hydrogen) atoms. The first kappa shape index (κ1) is 13.7. The lowest BCUT2D eigenvalue weighted by Gasteiger charge is -2.10. The number of hydrogen-bond donors (Lipinski definition) is 1. The van der Waals surface area contributed by atoms with Gasteiger partial charge in [-0.1, -0.05) is 38.1 Å². The summed E-state index contributed by atoms with van der Waals surface area (Å²) >= 11 is 0. The van der Waals surface area contributed by atoms with Gasteiger partial charge in [0.1, 0.15) is 6.33 Å². The van der Waals surface area contributed by atoms with E-state index in [1.54, 1.807) is 6.33 Å². The molecule has 0 radical (unpaired) electrons. The van der Waals surface area contributed by atoms with Gasteiger partial charge in [-0.15, -0.1) is 10.2 Å². The molecule has 0 fully saturated rings. The van der Waals surface area contributed by atoms with Crippen molar-refractivity contribution in [2.45, 2.75) is 19.8 Å². The molecule has 4 rings (SSSR count). The van der Waals surface area contributed by atoms with Crippen molar-refractivity contribution in [2.75, 3.05) is 5.32 Å². The first-order valence-corrected chi connectivity index (χ1v) is 7.68. The Hall–Kier alpha value is -2.95. The van der Waals surface area contributed by atoms with Crippen LogP contribution in [-0.2, 0) is 0 Å². The fraction of sp³-hybridized carbons (Fsp3) is 0.167. The van der Waals surface area contributed by atoms with Crippen molar-refractivity contribution in [3.8, 4) is 0 Å². The van der Waals surface area contributed by atoms with Crippen molar-refractivity contribution in [3.63, 3.8) is 0 Å². The van der Waals surface area contributed by atoms with E-state index in [4.69, 9.17) is 4.98 Å². The van der Waals surface area contributed by atoms with E-state index in [0.717, 1.165) is 22.4 Å². The number of rotatable bonds is 3. The summed E-state index contributed by atoms with van der Waals surface area (Å²) in [6.07, 6.45) is 1.71. The predicted molar refractivity (Wildman–Crippen MR) is 92.1 cm³/mol. The molecule has 0 spiro atoms. The second kappa shape index (κ2) is 5.35. The van der Waals surface area contributed by atoms with Crippen molar-refractivity contribution >= 4 is 28.2 Å². The van der Waals surface area contributed by atoms with Crippen molar-refractivity contribution in [3.05, 3.63) is 60.4 Å². The molecule has 4 aromatic rings. The van der Waals surface area contributed by atoms with E-state index in [2.05, 4.69) is 53.6 Å². The molecule has 0 saturated heterocycles. The summed E-state index contributed by atoms with van der Waals surface area (Å²) in [5, 5.41) is 11.6. The van der Waals surface area contributed by atoms with E-state index in [-0.39, 0.29) is 0 Å². The average Bonchev–Trinajstić information content (AvgIpc) is 3.06. The molecule has 114 valence electrons. The van der Waals surface area contributed by atoms with Crippen molar-refractivity contribution < 1.29 is 0 Å². The van der Waals surface area contributed by atoms with Gasteiger partial charge in [0.05, 0.1) is 11.0 Å². The van der Waals surface area contributed by atoms with Crippen LogP contribution in [0.3, 0.4) is 0 Å². The number of benzene rings is 2. The van der Waals surface area contributed by atoms with Gasteiger partial charge in [0.15, 0.2) is 5.82 Å². The fourth-order valence-electron chi connectivity index (χ4n) is 2.68. The van der Waals surface area contributed by atoms with Gasteiger partial charge < -0.3 is 5.32 Å². The topological polar surface area (TPSA) is 55.1 Å². The second-order valence-electron chi connectivity index (χ2n) is 5.88. The Morgan fingerprint density at radius 2 is 1.78 bits per heavy atom. The molecule has 0 saturated carbocycles. The Bertz CT molecular complexity index is 970. The minimum absolute atomic E-state index is 0.519. The van der Waals surface area contributed by atoms with Crippen LogP contribution in [0.1, 0.15) is 25.3 Å². The van der Waals surface area contributed by atoms with E-state index in [9.17, 15) is 0 Å². The average molecular weight is 303 g/mol. The molecule has 0 unspecified atom stereocenters. The van der Waals surface area contributed by atoms with Crippen LogP contribution in [0.25, 0.3) is 16.7 Å². The highest BCUT2D eigenvalue weighted by molar-refractivity contribution is 5.83. The third kappa shape index (κ3) is 2.40. The van der Waals surface area contributed by atoms with Gasteiger partial charge in [0.2, 0.25) is 5.65 Å². The molecule has 0 atom stereocenters. The van der Waals surface area contributed by atoms with E-state index >= 15 is 0 Å². The summed E-state index contributed by atoms with van der Waals surface area (Å²) in [6, 6.07) is 16.4. The van der Waals surface area contributed by atoms with Gasteiger partial charge in [-0.2, -0.15) is 0 Å². The van der Waals surface area contributed by atoms with Crippen LogP contribution < -0.4 is 5.32 Å². The Morgan fingerprint density at radius 1 is 1.00 bits per heavy atom. The lowest BCUT2D eigenvalue weighted by molar-refractivity contribution is 0.867. The van der Waals surface area contributed by atoms with E-state index in [0.29, 0.717) is 11.7 Å². The van der Waals surface area contributed by atoms with Crippen molar-refractivity contribution in [1.82, 2.24) is 19.6 Å². The number of fused-ring (bicyclic) bond motifs is 3. The molecule has 2 aromatic carbocycles. The minimum atomic E-state index is 0.519. The van der Waals surface area contributed by atoms with Gasteiger partial charge >= 0.3 is 0 Å². The Morgan fingerprint density at radius 3 is 2.57 bits per heavy atom. The molecular formula is C18H17N5. The summed E-state index contributed by atoms with van der Waals surface area (Å²) in [6.45, 7) is 4.38. The number of hydrogen-bond acceptors (Lipinski definition) is 4. The normalized spacial score (nSPS) is 11.4. The SMILES string of the molecule is CC(C)c1ccc(Nc2nc3ccccc3n3cnnc23)cc1. The van der Waals surface area contributed by atoms with Gasteiger partial charge in [-0.25, -0.2) is 4.98 Å². The number of nitrogens with zero attached hydrogens (tertiary/aromatic N) is 4. The molecule has 2 heterocycles. The summed E-state index contributed by atoms with van der Waals surface area (Å²) in [5.41, 5.74) is 4.92. The molecule has 2 aromatic heterocycles. The van der Waals surface area contributed by atoms with Crippen LogP contribution in [0.15, 0.2) is 54.9 Å². The van der Waals surface area contributed by atoms with Crippen LogP contribution in [0.5, 0.6) is 0 Å².